The SMILES string of the molecule is CCOC(=O)N1[C@@H]2CC[C@H]1[C@H](C(=O)O)N(S(=O)(=O)c1ccc(Oc3ccc(F)cc3)nc1)C2. The summed E-state index contributed by atoms with van der Waals surface area (Å²) in [6, 6.07) is 5.06. The van der Waals surface area contributed by atoms with Crippen LogP contribution in [-0.2, 0) is 19.6 Å². The second kappa shape index (κ2) is 8.94. The Kier molecular flexibility index (Phi) is 6.21. The number of nitrogens with zero attached hydrogens (tertiary/aromatic N) is 3. The number of carbonyl (C=O) groups is 2. The molecular formula is C21H22FN3O7S. The third-order valence-electron chi connectivity index (χ3n) is 5.70. The first-order valence-corrected chi connectivity index (χ1v) is 11.8. The molecule has 1 aromatic heterocycles. The fourth-order valence-corrected chi connectivity index (χ4v) is 5.87. The van der Waals surface area contributed by atoms with Crippen LogP contribution in [0.5, 0.6) is 11.6 Å². The lowest BCUT2D eigenvalue weighted by atomic mass is 10.1. The number of piperazine rings is 1. The van der Waals surface area contributed by atoms with E-state index in [2.05, 4.69) is 4.98 Å². The fraction of sp³-hybridized carbons (Fsp3) is 0.381. The van der Waals surface area contributed by atoms with Gasteiger partial charge >= 0.3 is 12.1 Å². The first-order chi connectivity index (χ1) is 15.7. The third kappa shape index (κ3) is 4.35. The number of halogens is 1. The maximum absolute atomic E-state index is 13.3. The van der Waals surface area contributed by atoms with Crippen LogP contribution in [0, 0.1) is 5.82 Å². The van der Waals surface area contributed by atoms with Gasteiger partial charge in [-0.1, -0.05) is 0 Å². The molecule has 0 radical (unpaired) electrons. The molecule has 1 N–H and O–H groups in total. The molecule has 4 rings (SSSR count). The molecular weight excluding hydrogens is 457 g/mol. The predicted molar refractivity (Wildman–Crippen MR) is 112 cm³/mol. The van der Waals surface area contributed by atoms with E-state index in [4.69, 9.17) is 9.47 Å². The van der Waals surface area contributed by atoms with Crippen molar-refractivity contribution < 1.29 is 37.0 Å². The van der Waals surface area contributed by atoms with Gasteiger partial charge in [0.15, 0.2) is 0 Å². The zero-order valence-electron chi connectivity index (χ0n) is 17.6. The number of hydrogen-bond acceptors (Lipinski definition) is 7. The summed E-state index contributed by atoms with van der Waals surface area (Å²) in [6.07, 6.45) is 1.27. The van der Waals surface area contributed by atoms with Crippen molar-refractivity contribution >= 4 is 22.1 Å². The zero-order valence-corrected chi connectivity index (χ0v) is 18.4. The molecule has 3 heterocycles. The molecule has 0 saturated carbocycles. The number of aromatic nitrogens is 1. The Labute approximate surface area is 189 Å². The minimum atomic E-state index is -4.23. The van der Waals surface area contributed by atoms with Crippen molar-refractivity contribution in [3.8, 4) is 11.6 Å². The van der Waals surface area contributed by atoms with E-state index in [0.717, 1.165) is 10.5 Å². The van der Waals surface area contributed by atoms with Crippen LogP contribution >= 0.6 is 0 Å². The molecule has 2 aromatic rings. The Morgan fingerprint density at radius 3 is 2.52 bits per heavy atom. The summed E-state index contributed by atoms with van der Waals surface area (Å²) in [7, 11) is -4.23. The van der Waals surface area contributed by atoms with Crippen LogP contribution in [0.15, 0.2) is 47.5 Å². The summed E-state index contributed by atoms with van der Waals surface area (Å²) in [6.45, 7) is 1.61. The van der Waals surface area contributed by atoms with Crippen LogP contribution in [0.3, 0.4) is 0 Å². The molecule has 1 amide bonds. The number of rotatable bonds is 6. The lowest BCUT2D eigenvalue weighted by molar-refractivity contribution is -0.145. The highest BCUT2D eigenvalue weighted by Crippen LogP contribution is 2.38. The summed E-state index contributed by atoms with van der Waals surface area (Å²) in [4.78, 5) is 29.6. The van der Waals surface area contributed by atoms with Crippen molar-refractivity contribution in [2.24, 2.45) is 0 Å². The number of carbonyl (C=O) groups excluding carboxylic acids is 1. The van der Waals surface area contributed by atoms with Crippen LogP contribution in [0.2, 0.25) is 0 Å². The fourth-order valence-electron chi connectivity index (χ4n) is 4.27. The van der Waals surface area contributed by atoms with Crippen molar-refractivity contribution in [1.82, 2.24) is 14.2 Å². The summed E-state index contributed by atoms with van der Waals surface area (Å²) in [5, 5.41) is 9.85. The topological polar surface area (TPSA) is 126 Å². The maximum atomic E-state index is 13.3. The van der Waals surface area contributed by atoms with Gasteiger partial charge < -0.3 is 14.6 Å². The predicted octanol–water partition coefficient (Wildman–Crippen LogP) is 2.46. The minimum Gasteiger partial charge on any atom is -0.480 e. The van der Waals surface area contributed by atoms with E-state index in [-0.39, 0.29) is 23.9 Å². The molecule has 2 aliphatic rings. The molecule has 176 valence electrons. The average Bonchev–Trinajstić information content (AvgIpc) is 3.08. The van der Waals surface area contributed by atoms with Gasteiger partial charge in [-0.15, -0.1) is 0 Å². The molecule has 12 heteroatoms. The number of fused-ring (bicyclic) bond motifs is 2. The molecule has 0 spiro atoms. The van der Waals surface area contributed by atoms with Gasteiger partial charge in [-0.05, 0) is 50.1 Å². The second-order valence-electron chi connectivity index (χ2n) is 7.65. The van der Waals surface area contributed by atoms with Gasteiger partial charge in [0.25, 0.3) is 0 Å². The number of hydrogen-bond donors (Lipinski definition) is 1. The first kappa shape index (κ1) is 22.9. The van der Waals surface area contributed by atoms with Gasteiger partial charge in [0, 0.05) is 18.7 Å². The minimum absolute atomic E-state index is 0.0857. The van der Waals surface area contributed by atoms with Gasteiger partial charge in [0.2, 0.25) is 15.9 Å². The summed E-state index contributed by atoms with van der Waals surface area (Å²) < 4.78 is 51.1. The standard InChI is InChI=1S/C21H22FN3O7S/c1-2-31-21(28)25-14-5-9-17(25)19(20(26)27)24(12-14)33(29,30)16-8-10-18(23-11-16)32-15-6-3-13(22)4-7-15/h3-4,6-8,10-11,14,17,19H,2,5,9,12H2,1H3,(H,26,27)/t14-,17+,19-/m1/s1. The highest BCUT2D eigenvalue weighted by Gasteiger charge is 2.55. The van der Waals surface area contributed by atoms with Gasteiger partial charge in [-0.25, -0.2) is 22.6 Å². The summed E-state index contributed by atoms with van der Waals surface area (Å²) >= 11 is 0. The number of sulfonamides is 1. The van der Waals surface area contributed by atoms with Gasteiger partial charge in [-0.2, -0.15) is 4.31 Å². The number of pyridine rings is 1. The van der Waals surface area contributed by atoms with E-state index in [1.807, 2.05) is 0 Å². The Hall–Kier alpha value is -3.25. The van der Waals surface area contributed by atoms with Crippen LogP contribution in [0.4, 0.5) is 9.18 Å². The van der Waals surface area contributed by atoms with Gasteiger partial charge in [-0.3, -0.25) is 9.69 Å². The summed E-state index contributed by atoms with van der Waals surface area (Å²) in [5.41, 5.74) is 0. The van der Waals surface area contributed by atoms with E-state index in [0.29, 0.717) is 18.6 Å². The number of carboxylic acids is 1. The number of ether oxygens (including phenoxy) is 2. The van der Waals surface area contributed by atoms with Crippen molar-refractivity contribution in [1.29, 1.82) is 0 Å². The Morgan fingerprint density at radius 1 is 1.18 bits per heavy atom. The van der Waals surface area contributed by atoms with E-state index < -0.39 is 46.0 Å². The van der Waals surface area contributed by atoms with Gasteiger partial charge in [0.1, 0.15) is 22.5 Å². The molecule has 0 unspecified atom stereocenters. The molecule has 3 atom stereocenters. The normalized spacial score (nSPS) is 22.7. The third-order valence-corrected chi connectivity index (χ3v) is 7.53. The average molecular weight is 479 g/mol. The highest BCUT2D eigenvalue weighted by molar-refractivity contribution is 7.89. The highest BCUT2D eigenvalue weighted by atomic mass is 32.2. The molecule has 2 aliphatic heterocycles. The van der Waals surface area contributed by atoms with Crippen LogP contribution in [-0.4, -0.2) is 71.1 Å². The quantitative estimate of drug-likeness (QED) is 0.670. The van der Waals surface area contributed by atoms with Crippen molar-refractivity contribution in [3.63, 3.8) is 0 Å². The van der Waals surface area contributed by atoms with E-state index >= 15 is 0 Å². The van der Waals surface area contributed by atoms with E-state index in [1.54, 1.807) is 6.92 Å². The van der Waals surface area contributed by atoms with Crippen LogP contribution < -0.4 is 4.74 Å². The van der Waals surface area contributed by atoms with Crippen molar-refractivity contribution in [2.45, 2.75) is 42.8 Å². The molecule has 1 aromatic carbocycles. The monoisotopic (exact) mass is 479 g/mol. The second-order valence-corrected chi connectivity index (χ2v) is 9.54. The molecule has 33 heavy (non-hydrogen) atoms. The molecule has 2 fully saturated rings. The Balaban J connectivity index is 1.58. The van der Waals surface area contributed by atoms with Gasteiger partial charge in [0.05, 0.1) is 18.8 Å². The first-order valence-electron chi connectivity index (χ1n) is 10.3. The van der Waals surface area contributed by atoms with Crippen LogP contribution in [0.1, 0.15) is 19.8 Å². The smallest absolute Gasteiger partial charge is 0.410 e. The van der Waals surface area contributed by atoms with Crippen molar-refractivity contribution in [3.05, 3.63) is 48.4 Å². The Bertz CT molecular complexity index is 1140. The van der Waals surface area contributed by atoms with E-state index in [1.165, 1.54) is 41.3 Å². The van der Waals surface area contributed by atoms with E-state index in [9.17, 15) is 27.5 Å². The number of aliphatic carboxylic acids is 1. The summed E-state index contributed by atoms with van der Waals surface area (Å²) in [5.74, 6) is -1.37. The van der Waals surface area contributed by atoms with Crippen molar-refractivity contribution in [2.75, 3.05) is 13.2 Å². The molecule has 2 saturated heterocycles. The largest absolute Gasteiger partial charge is 0.480 e. The molecule has 2 bridgehead atoms. The lowest BCUT2D eigenvalue weighted by Crippen LogP contribution is -2.64. The Morgan fingerprint density at radius 2 is 1.91 bits per heavy atom. The van der Waals surface area contributed by atoms with Crippen LogP contribution in [0.25, 0.3) is 0 Å². The number of carboxylic acid groups (broad SMARTS) is 1. The molecule has 10 nitrogen and oxygen atoms in total. The maximum Gasteiger partial charge on any atom is 0.410 e. The number of amides is 1. The zero-order chi connectivity index (χ0) is 23.8. The lowest BCUT2D eigenvalue weighted by Gasteiger charge is -2.43. The molecule has 0 aliphatic carbocycles. The number of benzene rings is 1.